The van der Waals surface area contributed by atoms with E-state index in [1.165, 1.54) is 18.7 Å². The van der Waals surface area contributed by atoms with Crippen molar-refractivity contribution in [2.45, 2.75) is 82.6 Å². The summed E-state index contributed by atoms with van der Waals surface area (Å²) in [7, 11) is 0. The number of amides is 6. The molecule has 42 heavy (non-hydrogen) atoms. The van der Waals surface area contributed by atoms with Crippen molar-refractivity contribution in [3.8, 4) is 0 Å². The first kappa shape index (κ1) is 35.5. The number of carboxylic acid groups (broad SMARTS) is 1. The highest BCUT2D eigenvalue weighted by molar-refractivity contribution is 5.96. The fraction of sp³-hybridized carbons (Fsp3) is 0.667. The van der Waals surface area contributed by atoms with Gasteiger partial charge in [-0.05, 0) is 46.0 Å². The molecule has 0 spiro atoms. The van der Waals surface area contributed by atoms with Crippen molar-refractivity contribution < 1.29 is 38.7 Å². The molecule has 1 saturated heterocycles. The Morgan fingerprint density at radius 2 is 1.50 bits per heavy atom. The summed E-state index contributed by atoms with van der Waals surface area (Å²) in [5, 5.41) is 19.1. The molecule has 13 N–H and O–H groups in total. The standard InChI is InChI=1S/C24H42N10O8/c1-12(30-18(36)11-25)19(37)32-14(7-8-17(26)35)22(40)34-10-4-6-16(34)21(39)31-13(2)20(38)33-15(23(41)42)5-3-9-29-24(27)28/h12-16H,3-11,25H2,1-2H3,(H2,26,35)(H,30,36)(H,31,39)(H,32,37)(H,33,38)(H,41,42)(H4,27,28,29)/t12-,13-,14-,15-,16-/m0/s1. The molecule has 18 heteroatoms. The topological polar surface area (TPSA) is 308 Å². The number of likely N-dealkylation sites (tertiary alicyclic amines) is 1. The Morgan fingerprint density at radius 3 is 2.05 bits per heavy atom. The summed E-state index contributed by atoms with van der Waals surface area (Å²) >= 11 is 0. The maximum Gasteiger partial charge on any atom is 0.326 e. The number of aliphatic carboxylic acids is 1. The van der Waals surface area contributed by atoms with Crippen LogP contribution in [0, 0.1) is 0 Å². The smallest absolute Gasteiger partial charge is 0.326 e. The average Bonchev–Trinajstić information content (AvgIpc) is 3.41. The molecule has 1 aliphatic rings. The second-order valence-corrected chi connectivity index (χ2v) is 9.83. The molecule has 18 nitrogen and oxygen atoms in total. The molecule has 1 aliphatic heterocycles. The second kappa shape index (κ2) is 17.4. The predicted molar refractivity (Wildman–Crippen MR) is 149 cm³/mol. The first-order chi connectivity index (χ1) is 19.7. The summed E-state index contributed by atoms with van der Waals surface area (Å²) in [5.74, 6) is -5.50. The van der Waals surface area contributed by atoms with Gasteiger partial charge in [-0.3, -0.25) is 33.8 Å². The van der Waals surface area contributed by atoms with Crippen LogP contribution in [0.3, 0.4) is 0 Å². The molecule has 6 amide bonds. The molecule has 0 radical (unpaired) electrons. The second-order valence-electron chi connectivity index (χ2n) is 9.83. The third-order valence-electron chi connectivity index (χ3n) is 6.40. The van der Waals surface area contributed by atoms with Crippen LogP contribution in [0.25, 0.3) is 0 Å². The van der Waals surface area contributed by atoms with Gasteiger partial charge in [0, 0.05) is 19.5 Å². The zero-order chi connectivity index (χ0) is 32.0. The Hall–Kier alpha value is -4.48. The van der Waals surface area contributed by atoms with Gasteiger partial charge in [0.15, 0.2) is 5.96 Å². The van der Waals surface area contributed by atoms with E-state index in [0.717, 1.165) is 0 Å². The zero-order valence-electron chi connectivity index (χ0n) is 23.8. The van der Waals surface area contributed by atoms with Crippen LogP contribution >= 0.6 is 0 Å². The van der Waals surface area contributed by atoms with Gasteiger partial charge in [-0.2, -0.15) is 0 Å². The molecule has 0 unspecified atom stereocenters. The van der Waals surface area contributed by atoms with Gasteiger partial charge in [-0.1, -0.05) is 0 Å². The van der Waals surface area contributed by atoms with Crippen molar-refractivity contribution >= 4 is 47.4 Å². The van der Waals surface area contributed by atoms with E-state index in [0.29, 0.717) is 6.42 Å². The number of nitrogens with one attached hydrogen (secondary N) is 4. The van der Waals surface area contributed by atoms with E-state index in [1.54, 1.807) is 0 Å². The minimum Gasteiger partial charge on any atom is -0.480 e. The maximum absolute atomic E-state index is 13.4. The number of carbonyl (C=O) groups is 7. The highest BCUT2D eigenvalue weighted by Crippen LogP contribution is 2.20. The summed E-state index contributed by atoms with van der Waals surface area (Å²) in [4.78, 5) is 91.2. The number of aliphatic imine (C=N–C) groups is 1. The molecule has 1 fully saturated rings. The molecule has 1 rings (SSSR count). The lowest BCUT2D eigenvalue weighted by Crippen LogP contribution is -2.58. The lowest BCUT2D eigenvalue weighted by molar-refractivity contribution is -0.143. The van der Waals surface area contributed by atoms with Crippen LogP contribution in [0.4, 0.5) is 0 Å². The molecule has 0 aromatic rings. The number of nitrogens with zero attached hydrogens (tertiary/aromatic N) is 2. The zero-order valence-corrected chi connectivity index (χ0v) is 23.8. The number of carboxylic acids is 1. The van der Waals surface area contributed by atoms with Gasteiger partial charge in [0.25, 0.3) is 0 Å². The van der Waals surface area contributed by atoms with E-state index in [-0.39, 0.29) is 57.7 Å². The van der Waals surface area contributed by atoms with Crippen LogP contribution in [0.5, 0.6) is 0 Å². The molecule has 0 aromatic heterocycles. The summed E-state index contributed by atoms with van der Waals surface area (Å²) in [6.07, 6.45) is 0.630. The molecule has 1 heterocycles. The minimum absolute atomic E-state index is 0.0381. The Labute approximate surface area is 242 Å². The average molecular weight is 599 g/mol. The molecule has 5 atom stereocenters. The van der Waals surface area contributed by atoms with E-state index in [4.69, 9.17) is 22.9 Å². The molecule has 0 aromatic carbocycles. The number of hydrogen-bond acceptors (Lipinski definition) is 9. The van der Waals surface area contributed by atoms with E-state index in [1.807, 2.05) is 0 Å². The number of nitrogens with two attached hydrogens (primary N) is 4. The van der Waals surface area contributed by atoms with Gasteiger partial charge in [0.05, 0.1) is 6.54 Å². The fourth-order valence-corrected chi connectivity index (χ4v) is 4.14. The normalized spacial score (nSPS) is 17.1. The van der Waals surface area contributed by atoms with Crippen LogP contribution in [-0.4, -0.2) is 107 Å². The summed E-state index contributed by atoms with van der Waals surface area (Å²) in [6, 6.07) is -5.66. The third-order valence-corrected chi connectivity index (χ3v) is 6.40. The van der Waals surface area contributed by atoms with Crippen molar-refractivity contribution in [3.63, 3.8) is 0 Å². The van der Waals surface area contributed by atoms with Gasteiger partial charge in [-0.15, -0.1) is 0 Å². The van der Waals surface area contributed by atoms with Crippen molar-refractivity contribution in [3.05, 3.63) is 0 Å². The Balaban J connectivity index is 2.89. The molecular weight excluding hydrogens is 556 g/mol. The first-order valence-electron chi connectivity index (χ1n) is 13.4. The summed E-state index contributed by atoms with van der Waals surface area (Å²) in [5.41, 5.74) is 20.9. The van der Waals surface area contributed by atoms with Crippen LogP contribution < -0.4 is 44.2 Å². The van der Waals surface area contributed by atoms with E-state index in [9.17, 15) is 38.7 Å². The van der Waals surface area contributed by atoms with E-state index >= 15 is 0 Å². The van der Waals surface area contributed by atoms with Crippen molar-refractivity contribution in [2.75, 3.05) is 19.6 Å². The lowest BCUT2D eigenvalue weighted by atomic mass is 10.1. The molecule has 0 bridgehead atoms. The predicted octanol–water partition coefficient (Wildman–Crippen LogP) is -4.68. The summed E-state index contributed by atoms with van der Waals surface area (Å²) < 4.78 is 0. The lowest BCUT2D eigenvalue weighted by Gasteiger charge is -2.30. The maximum atomic E-state index is 13.4. The Morgan fingerprint density at radius 1 is 0.905 bits per heavy atom. The molecule has 0 saturated carbocycles. The third kappa shape index (κ3) is 11.9. The Kier molecular flexibility index (Phi) is 14.7. The van der Waals surface area contributed by atoms with Crippen LogP contribution in [-0.2, 0) is 33.6 Å². The van der Waals surface area contributed by atoms with E-state index < -0.39 is 71.6 Å². The number of guanidine groups is 1. The molecular formula is C24H42N10O8. The van der Waals surface area contributed by atoms with Crippen LogP contribution in [0.15, 0.2) is 4.99 Å². The van der Waals surface area contributed by atoms with Gasteiger partial charge in [-0.25, -0.2) is 4.79 Å². The minimum atomic E-state index is -1.28. The molecule has 236 valence electrons. The number of carbonyl (C=O) groups excluding carboxylic acids is 6. The number of primary amides is 1. The van der Waals surface area contributed by atoms with Gasteiger partial charge >= 0.3 is 5.97 Å². The quantitative estimate of drug-likeness (QED) is 0.0435. The fourth-order valence-electron chi connectivity index (χ4n) is 4.14. The first-order valence-corrected chi connectivity index (χ1v) is 13.4. The van der Waals surface area contributed by atoms with Crippen molar-refractivity contribution in [2.24, 2.45) is 27.9 Å². The Bertz CT molecular complexity index is 1050. The number of hydrogen-bond donors (Lipinski definition) is 9. The van der Waals surface area contributed by atoms with Gasteiger partial charge in [0.1, 0.15) is 30.2 Å². The van der Waals surface area contributed by atoms with Gasteiger partial charge < -0.3 is 54.2 Å². The molecule has 0 aliphatic carbocycles. The highest BCUT2D eigenvalue weighted by Gasteiger charge is 2.39. The van der Waals surface area contributed by atoms with Crippen LogP contribution in [0.2, 0.25) is 0 Å². The van der Waals surface area contributed by atoms with Crippen molar-refractivity contribution in [1.82, 2.24) is 26.2 Å². The van der Waals surface area contributed by atoms with Crippen LogP contribution in [0.1, 0.15) is 52.4 Å². The van der Waals surface area contributed by atoms with E-state index in [2.05, 4.69) is 26.3 Å². The van der Waals surface area contributed by atoms with Crippen molar-refractivity contribution in [1.29, 1.82) is 0 Å². The largest absolute Gasteiger partial charge is 0.480 e. The van der Waals surface area contributed by atoms with Gasteiger partial charge in [0.2, 0.25) is 35.4 Å². The monoisotopic (exact) mass is 598 g/mol. The number of rotatable bonds is 17. The highest BCUT2D eigenvalue weighted by atomic mass is 16.4. The summed E-state index contributed by atoms with van der Waals surface area (Å²) in [6.45, 7) is 2.73. The SMILES string of the molecule is C[C@H](NC(=O)CN)C(=O)N[C@@H](CCC(N)=O)C(=O)N1CCC[C@H]1C(=O)N[C@@H](C)C(=O)N[C@@H](CCCN=C(N)N)C(=O)O.